The molecule has 2 aromatic rings. The van der Waals surface area contributed by atoms with Crippen LogP contribution in [0.1, 0.15) is 18.5 Å². The second kappa shape index (κ2) is 5.96. The number of Topliss-reactive ketones (excluding diaryl/α,β-unsaturated/α-hetero) is 1. The highest BCUT2D eigenvalue weighted by Crippen LogP contribution is 2.30. The van der Waals surface area contributed by atoms with Gasteiger partial charge in [-0.15, -0.1) is 0 Å². The number of aromatic nitrogens is 1. The van der Waals surface area contributed by atoms with Gasteiger partial charge in [0.1, 0.15) is 11.4 Å². The molecule has 0 spiro atoms. The summed E-state index contributed by atoms with van der Waals surface area (Å²) in [6, 6.07) is 10.5. The molecule has 3 rings (SSSR count). The standard InChI is InChI=1S/C18H17N3O2/c1-11-16(20-12(2)13-3-5-15(22)6-4-13)17(18(11)23)21-14-7-9-19-10-8-14/h3-10,12,20,22H,1H2,2H3,(H,19,21). The maximum atomic E-state index is 12.0. The van der Waals surface area contributed by atoms with Crippen LogP contribution in [-0.4, -0.2) is 15.9 Å². The maximum Gasteiger partial charge on any atom is 0.212 e. The fourth-order valence-corrected chi connectivity index (χ4v) is 2.39. The van der Waals surface area contributed by atoms with Crippen LogP contribution < -0.4 is 10.6 Å². The highest BCUT2D eigenvalue weighted by atomic mass is 16.3. The Hall–Kier alpha value is -3.08. The number of allylic oxidation sites excluding steroid dienone is 2. The number of rotatable bonds is 5. The monoisotopic (exact) mass is 307 g/mol. The van der Waals surface area contributed by atoms with Crippen LogP contribution in [0, 0.1) is 0 Å². The van der Waals surface area contributed by atoms with E-state index in [2.05, 4.69) is 22.2 Å². The van der Waals surface area contributed by atoms with Crippen LogP contribution in [0.4, 0.5) is 5.69 Å². The van der Waals surface area contributed by atoms with Gasteiger partial charge in [0.05, 0.1) is 5.70 Å². The zero-order valence-corrected chi connectivity index (χ0v) is 12.7. The predicted molar refractivity (Wildman–Crippen MR) is 88.7 cm³/mol. The molecule has 5 heteroatoms. The molecule has 116 valence electrons. The van der Waals surface area contributed by atoms with Crippen LogP contribution in [0.2, 0.25) is 0 Å². The molecule has 5 nitrogen and oxygen atoms in total. The van der Waals surface area contributed by atoms with E-state index >= 15 is 0 Å². The topological polar surface area (TPSA) is 74.2 Å². The normalized spacial score (nSPS) is 15.2. The molecular weight excluding hydrogens is 290 g/mol. The minimum atomic E-state index is -0.0952. The van der Waals surface area contributed by atoms with Gasteiger partial charge in [-0.1, -0.05) is 18.7 Å². The van der Waals surface area contributed by atoms with Crippen molar-refractivity contribution in [1.29, 1.82) is 0 Å². The molecule has 1 heterocycles. The summed E-state index contributed by atoms with van der Waals surface area (Å²) in [4.78, 5) is 16.0. The summed E-state index contributed by atoms with van der Waals surface area (Å²) in [5.41, 5.74) is 3.49. The minimum absolute atomic E-state index is 0.0234. The number of phenols is 1. The van der Waals surface area contributed by atoms with Gasteiger partial charge < -0.3 is 15.7 Å². The number of anilines is 1. The summed E-state index contributed by atoms with van der Waals surface area (Å²) in [6.07, 6.45) is 3.32. The number of ketones is 1. The van der Waals surface area contributed by atoms with E-state index in [1.54, 1.807) is 36.7 Å². The molecule has 1 aromatic heterocycles. The third-order valence-corrected chi connectivity index (χ3v) is 3.76. The predicted octanol–water partition coefficient (Wildman–Crippen LogP) is 2.90. The number of benzene rings is 1. The smallest absolute Gasteiger partial charge is 0.212 e. The Morgan fingerprint density at radius 3 is 2.39 bits per heavy atom. The zero-order valence-electron chi connectivity index (χ0n) is 12.7. The first-order chi connectivity index (χ1) is 11.1. The summed E-state index contributed by atoms with van der Waals surface area (Å²) in [5.74, 6) is 0.130. The lowest BCUT2D eigenvalue weighted by atomic mass is 9.91. The van der Waals surface area contributed by atoms with Crippen molar-refractivity contribution < 1.29 is 9.90 Å². The number of aromatic hydroxyl groups is 1. The Labute approximate surface area is 134 Å². The highest BCUT2D eigenvalue weighted by Gasteiger charge is 2.33. The van der Waals surface area contributed by atoms with Crippen molar-refractivity contribution in [3.8, 4) is 5.75 Å². The first kappa shape index (κ1) is 14.8. The molecule has 0 saturated heterocycles. The van der Waals surface area contributed by atoms with E-state index in [9.17, 15) is 9.90 Å². The molecule has 0 fully saturated rings. The van der Waals surface area contributed by atoms with E-state index in [1.807, 2.05) is 19.1 Å². The minimum Gasteiger partial charge on any atom is -0.508 e. The third kappa shape index (κ3) is 2.94. The van der Waals surface area contributed by atoms with E-state index < -0.39 is 0 Å². The molecule has 1 aromatic carbocycles. The molecule has 0 saturated carbocycles. The number of hydrogen-bond donors (Lipinski definition) is 3. The number of nitrogens with one attached hydrogen (secondary N) is 2. The molecule has 0 bridgehead atoms. The molecule has 23 heavy (non-hydrogen) atoms. The van der Waals surface area contributed by atoms with Crippen molar-refractivity contribution in [2.45, 2.75) is 13.0 Å². The fourth-order valence-electron chi connectivity index (χ4n) is 2.39. The van der Waals surface area contributed by atoms with Gasteiger partial charge in [0.25, 0.3) is 0 Å². The molecule has 1 aliphatic rings. The first-order valence-corrected chi connectivity index (χ1v) is 7.27. The van der Waals surface area contributed by atoms with E-state index in [0.29, 0.717) is 17.0 Å². The molecule has 1 aliphatic carbocycles. The van der Waals surface area contributed by atoms with Crippen LogP contribution in [0.5, 0.6) is 5.75 Å². The van der Waals surface area contributed by atoms with Gasteiger partial charge in [0.15, 0.2) is 0 Å². The van der Waals surface area contributed by atoms with E-state index in [4.69, 9.17) is 0 Å². The molecule has 0 aliphatic heterocycles. The molecule has 0 radical (unpaired) electrons. The fraction of sp³-hybridized carbons (Fsp3) is 0.111. The van der Waals surface area contributed by atoms with Crippen molar-refractivity contribution in [2.75, 3.05) is 5.32 Å². The Morgan fingerprint density at radius 1 is 1.09 bits per heavy atom. The van der Waals surface area contributed by atoms with Gasteiger partial charge in [-0.05, 0) is 36.8 Å². The van der Waals surface area contributed by atoms with Gasteiger partial charge in [0, 0.05) is 29.7 Å². The Morgan fingerprint density at radius 2 is 1.74 bits per heavy atom. The van der Waals surface area contributed by atoms with Gasteiger partial charge in [-0.25, -0.2) is 0 Å². The van der Waals surface area contributed by atoms with Crippen molar-refractivity contribution in [1.82, 2.24) is 10.3 Å². The third-order valence-electron chi connectivity index (χ3n) is 3.76. The highest BCUT2D eigenvalue weighted by molar-refractivity contribution is 6.20. The second-order valence-corrected chi connectivity index (χ2v) is 5.38. The maximum absolute atomic E-state index is 12.0. The van der Waals surface area contributed by atoms with Crippen LogP contribution in [0.15, 0.2) is 72.3 Å². The summed E-state index contributed by atoms with van der Waals surface area (Å²) < 4.78 is 0. The summed E-state index contributed by atoms with van der Waals surface area (Å²) >= 11 is 0. The van der Waals surface area contributed by atoms with Crippen molar-refractivity contribution in [3.05, 3.63) is 77.9 Å². The van der Waals surface area contributed by atoms with Crippen LogP contribution in [0.3, 0.4) is 0 Å². The van der Waals surface area contributed by atoms with Crippen molar-refractivity contribution >= 4 is 11.5 Å². The molecule has 3 N–H and O–H groups in total. The van der Waals surface area contributed by atoms with Crippen molar-refractivity contribution in [2.24, 2.45) is 0 Å². The molecule has 1 unspecified atom stereocenters. The SMILES string of the molecule is C=C1C(=O)C(Nc2ccncc2)=C1NC(C)c1ccc(O)cc1. The Balaban J connectivity index is 1.80. The summed E-state index contributed by atoms with van der Waals surface area (Å²) in [7, 11) is 0. The lowest BCUT2D eigenvalue weighted by Gasteiger charge is -2.29. The number of nitrogens with zero attached hydrogens (tertiary/aromatic N) is 1. The lowest BCUT2D eigenvalue weighted by molar-refractivity contribution is -0.113. The second-order valence-electron chi connectivity index (χ2n) is 5.38. The quantitative estimate of drug-likeness (QED) is 0.741. The van der Waals surface area contributed by atoms with Crippen molar-refractivity contribution in [3.63, 3.8) is 0 Å². The van der Waals surface area contributed by atoms with Gasteiger partial charge in [-0.2, -0.15) is 0 Å². The number of carbonyl (C=O) groups excluding carboxylic acids is 1. The Bertz CT molecular complexity index is 780. The summed E-state index contributed by atoms with van der Waals surface area (Å²) in [6.45, 7) is 5.80. The summed E-state index contributed by atoms with van der Waals surface area (Å²) in [5, 5.41) is 15.8. The van der Waals surface area contributed by atoms with Crippen LogP contribution >= 0.6 is 0 Å². The zero-order chi connectivity index (χ0) is 16.4. The number of pyridine rings is 1. The van der Waals surface area contributed by atoms with Crippen LogP contribution in [-0.2, 0) is 4.79 Å². The van der Waals surface area contributed by atoms with Gasteiger partial charge >= 0.3 is 0 Å². The number of phenolic OH excluding ortho intramolecular Hbond substituents is 1. The van der Waals surface area contributed by atoms with E-state index in [1.165, 1.54) is 0 Å². The van der Waals surface area contributed by atoms with E-state index in [0.717, 1.165) is 11.3 Å². The number of hydrogen-bond acceptors (Lipinski definition) is 5. The molecule has 0 amide bonds. The van der Waals surface area contributed by atoms with Crippen LogP contribution in [0.25, 0.3) is 0 Å². The van der Waals surface area contributed by atoms with E-state index in [-0.39, 0.29) is 17.6 Å². The largest absolute Gasteiger partial charge is 0.508 e. The molecule has 1 atom stereocenters. The number of carbonyl (C=O) groups is 1. The lowest BCUT2D eigenvalue weighted by Crippen LogP contribution is -2.35. The average molecular weight is 307 g/mol. The van der Waals surface area contributed by atoms with Gasteiger partial charge in [-0.3, -0.25) is 9.78 Å². The van der Waals surface area contributed by atoms with Gasteiger partial charge in [0.2, 0.25) is 5.78 Å². The first-order valence-electron chi connectivity index (χ1n) is 7.27. The molecular formula is C18H17N3O2. The Kier molecular flexibility index (Phi) is 3.85. The average Bonchev–Trinajstić information content (AvgIpc) is 2.59.